The first-order valence-corrected chi connectivity index (χ1v) is 14.9. The van der Waals surface area contributed by atoms with Crippen molar-refractivity contribution >= 4 is 22.5 Å². The Hall–Kier alpha value is -2.83. The van der Waals surface area contributed by atoms with Crippen LogP contribution in [-0.4, -0.2) is 66.7 Å². The van der Waals surface area contributed by atoms with Gasteiger partial charge < -0.3 is 14.2 Å². The Labute approximate surface area is 244 Å². The van der Waals surface area contributed by atoms with Crippen molar-refractivity contribution in [2.45, 2.75) is 45.9 Å². The number of piperazine rings is 1. The molecule has 0 atom stereocenters. The molecule has 0 amide bonds. The first kappa shape index (κ1) is 28.7. The lowest BCUT2D eigenvalue weighted by molar-refractivity contribution is 0.122. The molecule has 5 rings (SSSR count). The van der Waals surface area contributed by atoms with E-state index in [9.17, 15) is 0 Å². The number of methoxy groups -OCH3 is 1. The third-order valence-electron chi connectivity index (χ3n) is 8.01. The number of fused-ring (bicyclic) bond motifs is 1. The zero-order valence-electron chi connectivity index (χ0n) is 24.5. The maximum Gasteiger partial charge on any atom is 0.119 e. The van der Waals surface area contributed by atoms with Crippen LogP contribution in [0.5, 0.6) is 5.75 Å². The molecule has 1 aliphatic rings. The number of nitrogens with zero attached hydrogens (tertiary/aromatic N) is 4. The van der Waals surface area contributed by atoms with E-state index in [0.717, 1.165) is 63.1 Å². The lowest BCUT2D eigenvalue weighted by Crippen LogP contribution is -2.45. The van der Waals surface area contributed by atoms with Crippen molar-refractivity contribution in [2.24, 2.45) is 0 Å². The first-order valence-electron chi connectivity index (χ1n) is 14.6. The van der Waals surface area contributed by atoms with E-state index in [2.05, 4.69) is 95.0 Å². The van der Waals surface area contributed by atoms with Crippen molar-refractivity contribution in [2.75, 3.05) is 47.4 Å². The van der Waals surface area contributed by atoms with Crippen LogP contribution in [0.2, 0.25) is 5.02 Å². The van der Waals surface area contributed by atoms with Gasteiger partial charge in [-0.15, -0.1) is 0 Å². The van der Waals surface area contributed by atoms with Crippen molar-refractivity contribution < 1.29 is 4.74 Å². The standard InChI is InChI=1S/C34H43ClN4O/c1-5-6-15-39-25-32(30-13-12-29(40-4)21-28(30)23-36(2)3)31-20-26(11-14-34(31)39)22-37-16-18-38(19-17-37)24-27-9-7-8-10-33(27)35/h7-14,20-21,25H,5-6,15-19,22-24H2,1-4H3. The minimum atomic E-state index is 0.866. The molecule has 1 aromatic heterocycles. The zero-order chi connectivity index (χ0) is 28.1. The van der Waals surface area contributed by atoms with Gasteiger partial charge in [0.15, 0.2) is 0 Å². The van der Waals surface area contributed by atoms with Crippen LogP contribution in [0, 0.1) is 0 Å². The predicted molar refractivity (Wildman–Crippen MR) is 168 cm³/mol. The molecule has 1 aliphatic heterocycles. The summed E-state index contributed by atoms with van der Waals surface area (Å²) in [7, 11) is 5.99. The van der Waals surface area contributed by atoms with Crippen LogP contribution in [0.3, 0.4) is 0 Å². The summed E-state index contributed by atoms with van der Waals surface area (Å²) < 4.78 is 8.04. The largest absolute Gasteiger partial charge is 0.497 e. The normalized spacial score (nSPS) is 14.8. The number of ether oxygens (including phenoxy) is 1. The Kier molecular flexibility index (Phi) is 9.48. The van der Waals surface area contributed by atoms with Gasteiger partial charge in [-0.1, -0.05) is 55.3 Å². The smallest absolute Gasteiger partial charge is 0.119 e. The Morgan fingerprint density at radius 2 is 1.60 bits per heavy atom. The monoisotopic (exact) mass is 558 g/mol. The van der Waals surface area contributed by atoms with Gasteiger partial charge in [0.25, 0.3) is 0 Å². The van der Waals surface area contributed by atoms with Gasteiger partial charge in [-0.2, -0.15) is 0 Å². The van der Waals surface area contributed by atoms with E-state index in [0.29, 0.717) is 0 Å². The third-order valence-corrected chi connectivity index (χ3v) is 8.38. The maximum atomic E-state index is 6.42. The lowest BCUT2D eigenvalue weighted by atomic mass is 9.97. The summed E-state index contributed by atoms with van der Waals surface area (Å²) in [4.78, 5) is 7.33. The van der Waals surface area contributed by atoms with Crippen LogP contribution in [0.25, 0.3) is 22.0 Å². The second kappa shape index (κ2) is 13.2. The molecule has 1 saturated heterocycles. The van der Waals surface area contributed by atoms with Gasteiger partial charge >= 0.3 is 0 Å². The number of aromatic nitrogens is 1. The van der Waals surface area contributed by atoms with Gasteiger partial charge in [-0.05, 0) is 73.1 Å². The van der Waals surface area contributed by atoms with Gasteiger partial charge in [-0.25, -0.2) is 0 Å². The molecule has 212 valence electrons. The van der Waals surface area contributed by atoms with Crippen molar-refractivity contribution in [1.82, 2.24) is 19.3 Å². The topological polar surface area (TPSA) is 23.9 Å². The van der Waals surface area contributed by atoms with E-state index in [1.807, 2.05) is 12.1 Å². The van der Waals surface area contributed by atoms with Crippen LogP contribution in [0.1, 0.15) is 36.5 Å². The Bertz CT molecular complexity index is 1420. The number of aryl methyl sites for hydroxylation is 1. The molecular weight excluding hydrogens is 516 g/mol. The summed E-state index contributed by atoms with van der Waals surface area (Å²) in [6, 6.07) is 21.8. The van der Waals surface area contributed by atoms with Crippen molar-refractivity contribution in [3.63, 3.8) is 0 Å². The molecule has 3 aromatic carbocycles. The highest BCUT2D eigenvalue weighted by molar-refractivity contribution is 6.31. The molecule has 2 heterocycles. The van der Waals surface area contributed by atoms with E-state index < -0.39 is 0 Å². The second-order valence-electron chi connectivity index (χ2n) is 11.3. The minimum absolute atomic E-state index is 0.866. The Morgan fingerprint density at radius 3 is 2.30 bits per heavy atom. The predicted octanol–water partition coefficient (Wildman–Crippen LogP) is 7.15. The van der Waals surface area contributed by atoms with Gasteiger partial charge in [0.1, 0.15) is 5.75 Å². The van der Waals surface area contributed by atoms with Gasteiger partial charge in [0.05, 0.1) is 7.11 Å². The van der Waals surface area contributed by atoms with Crippen molar-refractivity contribution in [3.05, 3.63) is 88.6 Å². The fourth-order valence-corrected chi connectivity index (χ4v) is 6.03. The summed E-state index contributed by atoms with van der Waals surface area (Å²) in [5.41, 5.74) is 7.82. The average molecular weight is 559 g/mol. The van der Waals surface area contributed by atoms with E-state index in [4.69, 9.17) is 16.3 Å². The van der Waals surface area contributed by atoms with E-state index in [-0.39, 0.29) is 0 Å². The molecule has 0 N–H and O–H groups in total. The van der Waals surface area contributed by atoms with Crippen LogP contribution in [-0.2, 0) is 26.2 Å². The van der Waals surface area contributed by atoms with Crippen molar-refractivity contribution in [1.29, 1.82) is 0 Å². The third kappa shape index (κ3) is 6.72. The Morgan fingerprint density at radius 1 is 0.850 bits per heavy atom. The van der Waals surface area contributed by atoms with Gasteiger partial charge in [0.2, 0.25) is 0 Å². The number of hydrogen-bond acceptors (Lipinski definition) is 4. The van der Waals surface area contributed by atoms with Gasteiger partial charge in [0, 0.05) is 80.0 Å². The van der Waals surface area contributed by atoms with Crippen LogP contribution in [0.15, 0.2) is 66.9 Å². The second-order valence-corrected chi connectivity index (χ2v) is 11.8. The molecule has 40 heavy (non-hydrogen) atoms. The average Bonchev–Trinajstić information content (AvgIpc) is 3.31. The molecular formula is C34H43ClN4O. The molecule has 4 aromatic rings. The highest BCUT2D eigenvalue weighted by atomic mass is 35.5. The van der Waals surface area contributed by atoms with E-state index >= 15 is 0 Å². The lowest BCUT2D eigenvalue weighted by Gasteiger charge is -2.35. The minimum Gasteiger partial charge on any atom is -0.497 e. The van der Waals surface area contributed by atoms with E-state index in [1.165, 1.54) is 51.6 Å². The highest BCUT2D eigenvalue weighted by Crippen LogP contribution is 2.36. The summed E-state index contributed by atoms with van der Waals surface area (Å²) in [6.45, 7) is 10.3. The van der Waals surface area contributed by atoms with E-state index in [1.54, 1.807) is 7.11 Å². The Balaban J connectivity index is 1.38. The first-order chi connectivity index (χ1) is 19.4. The maximum absolute atomic E-state index is 6.42. The molecule has 0 aliphatic carbocycles. The molecule has 0 radical (unpaired) electrons. The molecule has 6 heteroatoms. The molecule has 0 unspecified atom stereocenters. The fourth-order valence-electron chi connectivity index (χ4n) is 5.83. The summed E-state index contributed by atoms with van der Waals surface area (Å²) in [5.74, 6) is 0.907. The molecule has 1 fully saturated rings. The molecule has 0 bridgehead atoms. The zero-order valence-corrected chi connectivity index (χ0v) is 25.3. The van der Waals surface area contributed by atoms with Crippen LogP contribution in [0.4, 0.5) is 0 Å². The van der Waals surface area contributed by atoms with Crippen LogP contribution >= 0.6 is 11.6 Å². The quantitative estimate of drug-likeness (QED) is 0.195. The number of hydrogen-bond donors (Lipinski definition) is 0. The molecule has 0 saturated carbocycles. The highest BCUT2D eigenvalue weighted by Gasteiger charge is 2.20. The number of halogens is 1. The van der Waals surface area contributed by atoms with Gasteiger partial charge in [-0.3, -0.25) is 9.80 Å². The van der Waals surface area contributed by atoms with Crippen LogP contribution < -0.4 is 4.74 Å². The molecule has 0 spiro atoms. The number of rotatable bonds is 11. The fraction of sp³-hybridized carbons (Fsp3) is 0.412. The SMILES string of the molecule is CCCCn1cc(-c2ccc(OC)cc2CN(C)C)c2cc(CN3CCN(Cc4ccccc4Cl)CC3)ccc21. The molecule has 5 nitrogen and oxygen atoms in total. The number of unbranched alkanes of at least 4 members (excludes halogenated alkanes) is 1. The summed E-state index contributed by atoms with van der Waals surface area (Å²) in [6.07, 6.45) is 4.74. The van der Waals surface area contributed by atoms with Crippen molar-refractivity contribution in [3.8, 4) is 16.9 Å². The summed E-state index contributed by atoms with van der Waals surface area (Å²) >= 11 is 6.42. The number of benzene rings is 3. The summed E-state index contributed by atoms with van der Waals surface area (Å²) in [5, 5.41) is 2.21.